The molecule has 0 spiro atoms. The van der Waals surface area contributed by atoms with Crippen LogP contribution in [0.3, 0.4) is 0 Å². The van der Waals surface area contributed by atoms with Crippen molar-refractivity contribution in [1.82, 2.24) is 0 Å². The first-order valence-corrected chi connectivity index (χ1v) is 4.27. The summed E-state index contributed by atoms with van der Waals surface area (Å²) in [6, 6.07) is 0. The van der Waals surface area contributed by atoms with Gasteiger partial charge in [-0.3, -0.25) is 0 Å². The molecule has 0 unspecified atom stereocenters. The lowest BCUT2D eigenvalue weighted by atomic mass is 10.2. The van der Waals surface area contributed by atoms with Crippen LogP contribution in [0.2, 0.25) is 0 Å². The first-order valence-electron chi connectivity index (χ1n) is 4.27. The molecule has 0 saturated carbocycles. The zero-order valence-corrected chi connectivity index (χ0v) is 8.76. The zero-order valence-electron chi connectivity index (χ0n) is 8.76. The van der Waals surface area contributed by atoms with Gasteiger partial charge in [-0.25, -0.2) is 4.79 Å². The van der Waals surface area contributed by atoms with Gasteiger partial charge in [0.2, 0.25) is 0 Å². The van der Waals surface area contributed by atoms with E-state index in [1.165, 1.54) is 0 Å². The molecule has 0 fully saturated rings. The second kappa shape index (κ2) is 4.45. The SMILES string of the molecule is CC(C)COC(=O)C[N+](C)(C)C. The van der Waals surface area contributed by atoms with E-state index in [0.29, 0.717) is 23.6 Å². The van der Waals surface area contributed by atoms with Gasteiger partial charge < -0.3 is 9.22 Å². The van der Waals surface area contributed by atoms with E-state index >= 15 is 0 Å². The summed E-state index contributed by atoms with van der Waals surface area (Å²) in [7, 11) is 5.91. The van der Waals surface area contributed by atoms with Gasteiger partial charge in [0.1, 0.15) is 0 Å². The van der Waals surface area contributed by atoms with E-state index in [-0.39, 0.29) is 5.97 Å². The fourth-order valence-electron chi connectivity index (χ4n) is 0.693. The first kappa shape index (κ1) is 11.4. The van der Waals surface area contributed by atoms with E-state index in [9.17, 15) is 4.79 Å². The van der Waals surface area contributed by atoms with Crippen LogP contribution < -0.4 is 0 Å². The minimum atomic E-state index is -0.115. The van der Waals surface area contributed by atoms with Gasteiger partial charge >= 0.3 is 5.97 Å². The molecule has 0 amide bonds. The van der Waals surface area contributed by atoms with E-state index in [1.54, 1.807) is 0 Å². The maximum Gasteiger partial charge on any atom is 0.361 e. The molecule has 0 bridgehead atoms. The number of hydrogen-bond acceptors (Lipinski definition) is 2. The smallest absolute Gasteiger partial charge is 0.361 e. The number of quaternary nitrogens is 1. The maximum absolute atomic E-state index is 11.1. The largest absolute Gasteiger partial charge is 0.461 e. The Kier molecular flexibility index (Phi) is 4.24. The van der Waals surface area contributed by atoms with Crippen molar-refractivity contribution >= 4 is 5.97 Å². The molecular formula is C9H20NO2+. The minimum absolute atomic E-state index is 0.115. The lowest BCUT2D eigenvalue weighted by Crippen LogP contribution is -2.40. The lowest BCUT2D eigenvalue weighted by Gasteiger charge is -2.22. The standard InChI is InChI=1S/C9H20NO2/c1-8(2)7-12-9(11)6-10(3,4)5/h8H,6-7H2,1-5H3/q+1. The van der Waals surface area contributed by atoms with Crippen LogP contribution in [0.4, 0.5) is 0 Å². The van der Waals surface area contributed by atoms with Gasteiger partial charge in [-0.15, -0.1) is 0 Å². The number of nitrogens with zero attached hydrogens (tertiary/aromatic N) is 1. The van der Waals surface area contributed by atoms with Crippen molar-refractivity contribution in [3.05, 3.63) is 0 Å². The Hall–Kier alpha value is -0.570. The Morgan fingerprint density at radius 3 is 2.17 bits per heavy atom. The number of rotatable bonds is 4. The Morgan fingerprint density at radius 1 is 1.33 bits per heavy atom. The highest BCUT2D eigenvalue weighted by Gasteiger charge is 2.15. The third-order valence-electron chi connectivity index (χ3n) is 1.18. The zero-order chi connectivity index (χ0) is 9.78. The molecule has 12 heavy (non-hydrogen) atoms. The van der Waals surface area contributed by atoms with Crippen molar-refractivity contribution in [2.24, 2.45) is 5.92 Å². The van der Waals surface area contributed by atoms with E-state index in [0.717, 1.165) is 0 Å². The summed E-state index contributed by atoms with van der Waals surface area (Å²) < 4.78 is 5.65. The van der Waals surface area contributed by atoms with Gasteiger partial charge in [-0.2, -0.15) is 0 Å². The highest BCUT2D eigenvalue weighted by molar-refractivity contribution is 5.70. The van der Waals surface area contributed by atoms with E-state index in [4.69, 9.17) is 4.74 Å². The average Bonchev–Trinajstić information content (AvgIpc) is 1.79. The molecule has 0 rings (SSSR count). The van der Waals surface area contributed by atoms with Crippen LogP contribution in [0, 0.1) is 5.92 Å². The van der Waals surface area contributed by atoms with Crippen LogP contribution in [0.5, 0.6) is 0 Å². The molecule has 0 aromatic rings. The van der Waals surface area contributed by atoms with Crippen LogP contribution in [0.1, 0.15) is 13.8 Å². The molecule has 72 valence electrons. The van der Waals surface area contributed by atoms with Crippen molar-refractivity contribution in [1.29, 1.82) is 0 Å². The normalized spacial score (nSPS) is 11.8. The molecular weight excluding hydrogens is 154 g/mol. The van der Waals surface area contributed by atoms with Crippen molar-refractivity contribution in [2.45, 2.75) is 13.8 Å². The number of esters is 1. The molecule has 0 heterocycles. The number of ether oxygens (including phenoxy) is 1. The van der Waals surface area contributed by atoms with E-state index < -0.39 is 0 Å². The Bertz CT molecular complexity index is 147. The minimum Gasteiger partial charge on any atom is -0.461 e. The lowest BCUT2D eigenvalue weighted by molar-refractivity contribution is -0.862. The summed E-state index contributed by atoms with van der Waals surface area (Å²) in [5.74, 6) is 0.303. The van der Waals surface area contributed by atoms with E-state index in [2.05, 4.69) is 0 Å². The highest BCUT2D eigenvalue weighted by atomic mass is 16.5. The topological polar surface area (TPSA) is 26.3 Å². The van der Waals surface area contributed by atoms with Gasteiger partial charge in [0.25, 0.3) is 0 Å². The summed E-state index contributed by atoms with van der Waals surface area (Å²) in [5, 5.41) is 0. The third kappa shape index (κ3) is 7.54. The summed E-state index contributed by atoms with van der Waals surface area (Å²) in [4.78, 5) is 11.1. The Labute approximate surface area is 74.9 Å². The van der Waals surface area contributed by atoms with Gasteiger partial charge in [-0.1, -0.05) is 13.8 Å². The summed E-state index contributed by atoms with van der Waals surface area (Å²) in [6.45, 7) is 5.02. The molecule has 3 heteroatoms. The first-order chi connectivity index (χ1) is 5.31. The number of carbonyl (C=O) groups is 1. The number of likely N-dealkylation sites (N-methyl/N-ethyl adjacent to an activating group) is 1. The molecule has 0 aliphatic rings. The van der Waals surface area contributed by atoms with Crippen LogP contribution in [0.25, 0.3) is 0 Å². The van der Waals surface area contributed by atoms with Crippen molar-refractivity contribution in [2.75, 3.05) is 34.3 Å². The van der Waals surface area contributed by atoms with Crippen molar-refractivity contribution in [3.8, 4) is 0 Å². The van der Waals surface area contributed by atoms with Gasteiger partial charge in [0, 0.05) is 0 Å². The fourth-order valence-corrected chi connectivity index (χ4v) is 0.693. The molecule has 0 aromatic carbocycles. The Morgan fingerprint density at radius 2 is 1.83 bits per heavy atom. The van der Waals surface area contributed by atoms with Crippen molar-refractivity contribution in [3.63, 3.8) is 0 Å². The molecule has 0 aliphatic carbocycles. The highest BCUT2D eigenvalue weighted by Crippen LogP contribution is 1.96. The molecule has 0 saturated heterocycles. The second-order valence-electron chi connectivity index (χ2n) is 4.53. The van der Waals surface area contributed by atoms with Crippen LogP contribution in [-0.2, 0) is 9.53 Å². The molecule has 0 atom stereocenters. The van der Waals surface area contributed by atoms with Gasteiger partial charge in [0.15, 0.2) is 6.54 Å². The van der Waals surface area contributed by atoms with Crippen LogP contribution in [-0.4, -0.2) is 44.7 Å². The van der Waals surface area contributed by atoms with Gasteiger partial charge in [0.05, 0.1) is 27.7 Å². The predicted octanol–water partition coefficient (Wildman–Crippen LogP) is 0.892. The molecule has 0 N–H and O–H groups in total. The molecule has 0 aliphatic heterocycles. The summed E-state index contributed by atoms with van der Waals surface area (Å²) in [5.41, 5.74) is 0. The Balaban J connectivity index is 3.61. The fraction of sp³-hybridized carbons (Fsp3) is 0.889. The van der Waals surface area contributed by atoms with Crippen LogP contribution >= 0.6 is 0 Å². The van der Waals surface area contributed by atoms with Crippen molar-refractivity contribution < 1.29 is 14.0 Å². The average molecular weight is 174 g/mol. The van der Waals surface area contributed by atoms with E-state index in [1.807, 2.05) is 35.0 Å². The van der Waals surface area contributed by atoms with Gasteiger partial charge in [-0.05, 0) is 5.92 Å². The third-order valence-corrected chi connectivity index (χ3v) is 1.18. The summed E-state index contributed by atoms with van der Waals surface area (Å²) >= 11 is 0. The predicted molar refractivity (Wildman–Crippen MR) is 48.7 cm³/mol. The molecule has 3 nitrogen and oxygen atoms in total. The molecule has 0 aromatic heterocycles. The monoisotopic (exact) mass is 174 g/mol. The second-order valence-corrected chi connectivity index (χ2v) is 4.53. The number of carbonyl (C=O) groups excluding carboxylic acids is 1. The van der Waals surface area contributed by atoms with Crippen LogP contribution in [0.15, 0.2) is 0 Å². The quantitative estimate of drug-likeness (QED) is 0.467. The maximum atomic E-state index is 11.1. The summed E-state index contributed by atoms with van der Waals surface area (Å²) in [6.07, 6.45) is 0. The molecule has 0 radical (unpaired) electrons. The number of hydrogen-bond donors (Lipinski definition) is 0.